The minimum Gasteiger partial charge on any atom is -0.372 e. The Hall–Kier alpha value is -5.01. The molecule has 0 saturated carbocycles. The summed E-state index contributed by atoms with van der Waals surface area (Å²) in [6.45, 7) is 22.6. The summed E-state index contributed by atoms with van der Waals surface area (Å²) in [5.74, 6) is -0.0557. The summed E-state index contributed by atoms with van der Waals surface area (Å²) in [4.78, 5) is 21.4. The number of nitrogens with one attached hydrogen (secondary N) is 1. The lowest BCUT2D eigenvalue weighted by atomic mass is 9.81. The number of carbonyl (C=O) groups excluding carboxylic acids is 1. The number of rotatable bonds is 7. The van der Waals surface area contributed by atoms with Gasteiger partial charge in [0.05, 0.1) is 5.69 Å². The number of fused-ring (bicyclic) bond motifs is 7. The van der Waals surface area contributed by atoms with E-state index in [1.54, 1.807) is 11.8 Å². The molecule has 1 aliphatic heterocycles. The molecule has 8 rings (SSSR count). The Balaban J connectivity index is 1.48. The lowest BCUT2D eigenvalue weighted by Gasteiger charge is -2.39. The van der Waals surface area contributed by atoms with E-state index in [0.29, 0.717) is 5.17 Å². The largest absolute Gasteiger partial charge is 0.372 e. The standard InChI is InChI=1S/C47H51N5OS/c1-10-50(11-2)33-18-19-38-39(28-33)48-45(49-44(53)46(7,8)9)54-47(38,31-16-22-42-36(26-31)34-24-29(5)14-20-40(34)51(42)12-3)32-17-23-43-37(27-32)35-25-30(6)15-21-41(35)52(43)13-4/h14-28H,10-13H2,1-9H3,(H,48,49,53). The lowest BCUT2D eigenvalue weighted by Crippen LogP contribution is -2.41. The zero-order valence-electron chi connectivity index (χ0n) is 33.1. The second-order valence-corrected chi connectivity index (χ2v) is 17.0. The van der Waals surface area contributed by atoms with Crippen LogP contribution in [0.5, 0.6) is 0 Å². The van der Waals surface area contributed by atoms with Crippen molar-refractivity contribution in [3.05, 3.63) is 119 Å². The highest BCUT2D eigenvalue weighted by Gasteiger charge is 2.45. The number of nitrogens with zero attached hydrogens (tertiary/aromatic N) is 4. The van der Waals surface area contributed by atoms with Crippen LogP contribution < -0.4 is 10.2 Å². The molecule has 7 heteroatoms. The average molecular weight is 734 g/mol. The van der Waals surface area contributed by atoms with E-state index < -0.39 is 10.2 Å². The fraction of sp³-hybridized carbons (Fsp3) is 0.319. The number of hydrogen-bond donors (Lipinski definition) is 1. The maximum Gasteiger partial charge on any atom is 0.231 e. The molecular weight excluding hydrogens is 683 g/mol. The van der Waals surface area contributed by atoms with Crippen LogP contribution >= 0.6 is 11.8 Å². The van der Waals surface area contributed by atoms with E-state index in [4.69, 9.17) is 4.99 Å². The van der Waals surface area contributed by atoms with Crippen LogP contribution in [0.3, 0.4) is 0 Å². The lowest BCUT2D eigenvalue weighted by molar-refractivity contribution is -0.126. The maximum atomic E-state index is 13.8. The topological polar surface area (TPSA) is 54.6 Å². The molecular formula is C47H51N5OS. The van der Waals surface area contributed by atoms with Gasteiger partial charge in [-0.15, -0.1) is 0 Å². The quantitative estimate of drug-likeness (QED) is 0.177. The summed E-state index contributed by atoms with van der Waals surface area (Å²) in [6.07, 6.45) is 0. The number of benzene rings is 5. The Morgan fingerprint density at radius 3 is 1.63 bits per heavy atom. The van der Waals surface area contributed by atoms with Crippen LogP contribution in [-0.2, 0) is 22.6 Å². The van der Waals surface area contributed by atoms with Crippen molar-refractivity contribution in [2.45, 2.75) is 80.2 Å². The van der Waals surface area contributed by atoms with E-state index in [0.717, 1.165) is 54.2 Å². The summed E-state index contributed by atoms with van der Waals surface area (Å²) >= 11 is 1.65. The molecule has 276 valence electrons. The summed E-state index contributed by atoms with van der Waals surface area (Å²) < 4.78 is 4.10. The number of thioether (sulfide) groups is 1. The summed E-state index contributed by atoms with van der Waals surface area (Å²) in [5, 5.41) is 8.89. The SMILES string of the molecule is CCN(CC)c1ccc2c(c1)N=C(NC(=O)C(C)(C)C)SC2(c1ccc2c(c1)c1cc(C)ccc1n2CC)c1ccc2c(c1)c1cc(C)ccc1n2CC. The molecule has 6 nitrogen and oxygen atoms in total. The number of hydrogen-bond acceptors (Lipinski definition) is 4. The van der Waals surface area contributed by atoms with E-state index in [1.807, 2.05) is 20.8 Å². The first-order chi connectivity index (χ1) is 25.9. The van der Waals surface area contributed by atoms with Crippen molar-refractivity contribution in [1.29, 1.82) is 0 Å². The summed E-state index contributed by atoms with van der Waals surface area (Å²) in [6, 6.07) is 34.4. The molecule has 0 atom stereocenters. The fourth-order valence-electron chi connectivity index (χ4n) is 8.52. The van der Waals surface area contributed by atoms with Crippen molar-refractivity contribution in [3.8, 4) is 0 Å². The predicted octanol–water partition coefficient (Wildman–Crippen LogP) is 11.6. The monoisotopic (exact) mass is 733 g/mol. The number of amidine groups is 1. The summed E-state index contributed by atoms with van der Waals surface area (Å²) in [5.41, 5.74) is 12.2. The van der Waals surface area contributed by atoms with E-state index in [-0.39, 0.29) is 5.91 Å². The van der Waals surface area contributed by atoms with Crippen LogP contribution in [-0.4, -0.2) is 33.3 Å². The van der Waals surface area contributed by atoms with E-state index >= 15 is 0 Å². The first-order valence-electron chi connectivity index (χ1n) is 19.5. The first kappa shape index (κ1) is 36.0. The van der Waals surface area contributed by atoms with Gasteiger partial charge in [0.25, 0.3) is 0 Å². The highest BCUT2D eigenvalue weighted by atomic mass is 32.2. The van der Waals surface area contributed by atoms with E-state index in [9.17, 15) is 4.79 Å². The van der Waals surface area contributed by atoms with Crippen LogP contribution in [0.1, 0.15) is 76.3 Å². The number of aromatic nitrogens is 2. The number of anilines is 1. The Labute approximate surface area is 323 Å². The zero-order chi connectivity index (χ0) is 38.1. The number of carbonyl (C=O) groups is 1. The normalized spacial score (nSPS) is 14.2. The molecule has 3 heterocycles. The van der Waals surface area contributed by atoms with Gasteiger partial charge in [0.2, 0.25) is 5.91 Å². The molecule has 54 heavy (non-hydrogen) atoms. The van der Waals surface area contributed by atoms with Crippen molar-refractivity contribution in [2.75, 3.05) is 18.0 Å². The molecule has 0 unspecified atom stereocenters. The Kier molecular flexibility index (Phi) is 8.92. The Morgan fingerprint density at radius 2 is 1.17 bits per heavy atom. The molecule has 0 fully saturated rings. The van der Waals surface area contributed by atoms with Crippen molar-refractivity contribution in [2.24, 2.45) is 10.4 Å². The zero-order valence-corrected chi connectivity index (χ0v) is 33.9. The van der Waals surface area contributed by atoms with Crippen LogP contribution in [0.15, 0.2) is 96.0 Å². The van der Waals surface area contributed by atoms with Gasteiger partial charge in [-0.05, 0) is 113 Å². The second-order valence-electron chi connectivity index (χ2n) is 15.8. The van der Waals surface area contributed by atoms with Gasteiger partial charge in [-0.25, -0.2) is 4.99 Å². The van der Waals surface area contributed by atoms with E-state index in [2.05, 4.69) is 152 Å². The minimum absolute atomic E-state index is 0.0557. The van der Waals surface area contributed by atoms with Crippen LogP contribution in [0, 0.1) is 19.3 Å². The second kappa shape index (κ2) is 13.4. The highest BCUT2D eigenvalue weighted by molar-refractivity contribution is 8.15. The van der Waals surface area contributed by atoms with Gasteiger partial charge in [0.15, 0.2) is 5.17 Å². The third-order valence-electron chi connectivity index (χ3n) is 11.3. The number of aryl methyl sites for hydroxylation is 4. The average Bonchev–Trinajstić information content (AvgIpc) is 3.64. The van der Waals surface area contributed by atoms with Gasteiger partial charge >= 0.3 is 0 Å². The Bertz CT molecular complexity index is 2520. The smallest absolute Gasteiger partial charge is 0.231 e. The molecule has 5 aromatic carbocycles. The van der Waals surface area contributed by atoms with Gasteiger partial charge in [0.1, 0.15) is 4.75 Å². The highest BCUT2D eigenvalue weighted by Crippen LogP contribution is 2.56. The van der Waals surface area contributed by atoms with Crippen molar-refractivity contribution in [1.82, 2.24) is 14.5 Å². The first-order valence-corrected chi connectivity index (χ1v) is 20.3. The molecule has 0 spiro atoms. The third-order valence-corrected chi connectivity index (χ3v) is 12.7. The van der Waals surface area contributed by atoms with Gasteiger partial charge in [-0.1, -0.05) is 74.0 Å². The molecule has 0 radical (unpaired) electrons. The van der Waals surface area contributed by atoms with Crippen LogP contribution in [0.25, 0.3) is 43.6 Å². The van der Waals surface area contributed by atoms with Gasteiger partial charge in [-0.3, -0.25) is 4.79 Å². The van der Waals surface area contributed by atoms with Crippen molar-refractivity contribution < 1.29 is 4.79 Å². The Morgan fingerprint density at radius 1 is 0.685 bits per heavy atom. The van der Waals surface area contributed by atoms with Crippen LogP contribution in [0.4, 0.5) is 11.4 Å². The molecule has 1 N–H and O–H groups in total. The number of amides is 1. The van der Waals surface area contributed by atoms with Crippen molar-refractivity contribution >= 4 is 77.8 Å². The predicted molar refractivity (Wildman–Crippen MR) is 232 cm³/mol. The van der Waals surface area contributed by atoms with E-state index in [1.165, 1.54) is 54.7 Å². The third kappa shape index (κ3) is 5.62. The summed E-state index contributed by atoms with van der Waals surface area (Å²) in [7, 11) is 0. The molecule has 2 aromatic heterocycles. The van der Waals surface area contributed by atoms with Gasteiger partial charge in [-0.2, -0.15) is 0 Å². The molecule has 1 aliphatic rings. The molecule has 1 amide bonds. The maximum absolute atomic E-state index is 13.8. The molecule has 7 aromatic rings. The van der Waals surface area contributed by atoms with Crippen LogP contribution in [0.2, 0.25) is 0 Å². The molecule has 0 aliphatic carbocycles. The fourth-order valence-corrected chi connectivity index (χ4v) is 9.87. The van der Waals surface area contributed by atoms with Gasteiger partial charge in [0, 0.05) is 86.5 Å². The minimum atomic E-state index is -0.739. The molecule has 0 bridgehead atoms. The van der Waals surface area contributed by atoms with Gasteiger partial charge < -0.3 is 19.4 Å². The van der Waals surface area contributed by atoms with Crippen molar-refractivity contribution in [3.63, 3.8) is 0 Å². The number of aliphatic imine (C=N–C) groups is 1. The molecule has 0 saturated heterocycles.